The first-order valence-electron chi connectivity index (χ1n) is 7.30. The number of carbonyl (C=O) groups excluding carboxylic acids is 1. The Hall–Kier alpha value is -1.88. The van der Waals surface area contributed by atoms with Crippen LogP contribution < -0.4 is 0 Å². The van der Waals surface area contributed by atoms with Crippen LogP contribution in [0.15, 0.2) is 50.4 Å². The second-order valence-corrected chi connectivity index (χ2v) is 6.24. The highest BCUT2D eigenvalue weighted by atomic mass is 79.9. The van der Waals surface area contributed by atoms with Crippen molar-refractivity contribution in [1.29, 1.82) is 0 Å². The Morgan fingerprint density at radius 2 is 2.05 bits per heavy atom. The van der Waals surface area contributed by atoms with Gasteiger partial charge in [-0.2, -0.15) is 5.10 Å². The van der Waals surface area contributed by atoms with Crippen molar-refractivity contribution in [2.75, 3.05) is 0 Å². The van der Waals surface area contributed by atoms with Gasteiger partial charge < -0.3 is 4.42 Å². The summed E-state index contributed by atoms with van der Waals surface area (Å²) < 4.78 is 6.68. The highest BCUT2D eigenvalue weighted by Gasteiger charge is 2.33. The van der Waals surface area contributed by atoms with E-state index in [0.717, 1.165) is 27.3 Å². The van der Waals surface area contributed by atoms with Crippen molar-refractivity contribution < 1.29 is 9.21 Å². The van der Waals surface area contributed by atoms with Gasteiger partial charge in [0.25, 0.3) is 0 Å². The van der Waals surface area contributed by atoms with Crippen LogP contribution in [0.25, 0.3) is 0 Å². The lowest BCUT2D eigenvalue weighted by atomic mass is 10.0. The fraction of sp³-hybridized carbons (Fsp3) is 0.294. The molecule has 1 aromatic heterocycles. The lowest BCUT2D eigenvalue weighted by Crippen LogP contribution is -2.26. The first-order chi connectivity index (χ1) is 10.6. The minimum atomic E-state index is -0.0686. The van der Waals surface area contributed by atoms with E-state index in [-0.39, 0.29) is 11.9 Å². The van der Waals surface area contributed by atoms with E-state index in [1.54, 1.807) is 5.01 Å². The third kappa shape index (κ3) is 2.86. The van der Waals surface area contributed by atoms with Crippen LogP contribution in [0.2, 0.25) is 0 Å². The van der Waals surface area contributed by atoms with Crippen molar-refractivity contribution in [3.8, 4) is 0 Å². The molecule has 2 heterocycles. The van der Waals surface area contributed by atoms with Gasteiger partial charge in [0, 0.05) is 17.3 Å². The van der Waals surface area contributed by atoms with Gasteiger partial charge in [-0.05, 0) is 36.8 Å². The highest BCUT2D eigenvalue weighted by molar-refractivity contribution is 9.10. The minimum Gasteiger partial charge on any atom is -0.460 e. The van der Waals surface area contributed by atoms with E-state index >= 15 is 0 Å². The molecule has 1 aromatic carbocycles. The van der Waals surface area contributed by atoms with Crippen molar-refractivity contribution in [1.82, 2.24) is 5.01 Å². The molecule has 0 spiro atoms. The molecule has 0 unspecified atom stereocenters. The average molecular weight is 361 g/mol. The fourth-order valence-corrected chi connectivity index (χ4v) is 2.85. The number of carbonyl (C=O) groups is 1. The molecule has 0 N–H and O–H groups in total. The summed E-state index contributed by atoms with van der Waals surface area (Å²) in [6.45, 7) is 3.76. The van der Waals surface area contributed by atoms with Crippen LogP contribution in [0.5, 0.6) is 0 Å². The monoisotopic (exact) mass is 360 g/mol. The average Bonchev–Trinajstić information content (AvgIpc) is 3.13. The van der Waals surface area contributed by atoms with Gasteiger partial charge in [0.1, 0.15) is 17.2 Å². The summed E-state index contributed by atoms with van der Waals surface area (Å²) in [7, 11) is 0. The molecule has 4 nitrogen and oxygen atoms in total. The second kappa shape index (κ2) is 6.08. The number of hydrogen-bond acceptors (Lipinski definition) is 3. The summed E-state index contributed by atoms with van der Waals surface area (Å²) >= 11 is 3.44. The zero-order valence-corrected chi connectivity index (χ0v) is 14.1. The molecule has 0 saturated carbocycles. The summed E-state index contributed by atoms with van der Waals surface area (Å²) in [5.41, 5.74) is 1.90. The Bertz CT molecular complexity index is 719. The lowest BCUT2D eigenvalue weighted by Gasteiger charge is -2.21. The normalized spacial score (nSPS) is 17.7. The maximum Gasteiger partial charge on any atom is 0.242 e. The van der Waals surface area contributed by atoms with Crippen molar-refractivity contribution in [3.63, 3.8) is 0 Å². The number of nitrogens with zero attached hydrogens (tertiary/aromatic N) is 2. The molecule has 1 amide bonds. The van der Waals surface area contributed by atoms with Crippen LogP contribution in [-0.2, 0) is 4.79 Å². The second-order valence-electron chi connectivity index (χ2n) is 5.32. The Balaban J connectivity index is 1.93. The van der Waals surface area contributed by atoms with E-state index in [0.29, 0.717) is 12.8 Å². The molecule has 3 rings (SSSR count). The van der Waals surface area contributed by atoms with Crippen LogP contribution in [-0.4, -0.2) is 16.6 Å². The van der Waals surface area contributed by atoms with Crippen molar-refractivity contribution in [2.45, 2.75) is 32.7 Å². The zero-order chi connectivity index (χ0) is 15.7. The molecule has 2 aromatic rings. The Morgan fingerprint density at radius 1 is 1.32 bits per heavy atom. The molecule has 0 aliphatic carbocycles. The fourth-order valence-electron chi connectivity index (χ4n) is 2.59. The molecule has 22 heavy (non-hydrogen) atoms. The first-order valence-corrected chi connectivity index (χ1v) is 8.09. The Kier molecular flexibility index (Phi) is 4.16. The van der Waals surface area contributed by atoms with Gasteiger partial charge in [-0.1, -0.05) is 35.0 Å². The molecule has 0 saturated heterocycles. The summed E-state index contributed by atoms with van der Waals surface area (Å²) in [6.07, 6.45) is 1.10. The minimum absolute atomic E-state index is 0.0196. The van der Waals surface area contributed by atoms with Crippen LogP contribution in [0, 0.1) is 6.92 Å². The standard InChI is InChI=1S/C17H17BrN2O2/c1-3-17(21)20-15(12-5-7-13(18)8-6-12)10-14(19-20)16-9-4-11(2)22-16/h4-9,15H,3,10H2,1-2H3/t15-/m1/s1. The number of hydrogen-bond donors (Lipinski definition) is 0. The van der Waals surface area contributed by atoms with Gasteiger partial charge in [-0.15, -0.1) is 0 Å². The summed E-state index contributed by atoms with van der Waals surface area (Å²) in [5.74, 6) is 1.61. The molecule has 1 aliphatic heterocycles. The van der Waals surface area contributed by atoms with Crippen LogP contribution in [0.3, 0.4) is 0 Å². The van der Waals surface area contributed by atoms with Gasteiger partial charge in [-0.25, -0.2) is 5.01 Å². The summed E-state index contributed by atoms with van der Waals surface area (Å²) in [6, 6.07) is 11.8. The van der Waals surface area contributed by atoms with E-state index in [2.05, 4.69) is 21.0 Å². The molecule has 5 heteroatoms. The number of halogens is 1. The maximum atomic E-state index is 12.2. The smallest absolute Gasteiger partial charge is 0.242 e. The number of hydrazone groups is 1. The van der Waals surface area contributed by atoms with E-state index in [1.807, 2.05) is 50.2 Å². The van der Waals surface area contributed by atoms with Gasteiger partial charge in [-0.3, -0.25) is 4.79 Å². The Labute approximate surface area is 137 Å². The van der Waals surface area contributed by atoms with Crippen molar-refractivity contribution >= 4 is 27.5 Å². The van der Waals surface area contributed by atoms with E-state index in [9.17, 15) is 4.79 Å². The van der Waals surface area contributed by atoms with Crippen LogP contribution in [0.4, 0.5) is 0 Å². The quantitative estimate of drug-likeness (QED) is 0.812. The van der Waals surface area contributed by atoms with Gasteiger partial charge in [0.2, 0.25) is 5.91 Å². The number of amides is 1. The van der Waals surface area contributed by atoms with E-state index < -0.39 is 0 Å². The molecule has 0 bridgehead atoms. The van der Waals surface area contributed by atoms with Gasteiger partial charge >= 0.3 is 0 Å². The molecular weight excluding hydrogens is 344 g/mol. The van der Waals surface area contributed by atoms with Gasteiger partial charge in [0.05, 0.1) is 6.04 Å². The predicted octanol–water partition coefficient (Wildman–Crippen LogP) is 4.44. The number of rotatable bonds is 3. The van der Waals surface area contributed by atoms with Gasteiger partial charge in [0.15, 0.2) is 0 Å². The molecule has 1 aliphatic rings. The highest BCUT2D eigenvalue weighted by Crippen LogP contribution is 2.34. The van der Waals surface area contributed by atoms with Crippen molar-refractivity contribution in [3.05, 3.63) is 58.0 Å². The van der Waals surface area contributed by atoms with E-state index in [1.165, 1.54) is 0 Å². The molecule has 0 radical (unpaired) electrons. The predicted molar refractivity (Wildman–Crippen MR) is 88.6 cm³/mol. The van der Waals surface area contributed by atoms with Crippen LogP contribution in [0.1, 0.15) is 42.9 Å². The molecule has 0 fully saturated rings. The largest absolute Gasteiger partial charge is 0.460 e. The Morgan fingerprint density at radius 3 is 2.64 bits per heavy atom. The molecular formula is C17H17BrN2O2. The summed E-state index contributed by atoms with van der Waals surface area (Å²) in [4.78, 5) is 12.2. The maximum absolute atomic E-state index is 12.2. The zero-order valence-electron chi connectivity index (χ0n) is 12.5. The molecule has 114 valence electrons. The SMILES string of the molecule is CCC(=O)N1N=C(c2ccc(C)o2)C[C@@H]1c1ccc(Br)cc1. The number of furan rings is 1. The summed E-state index contributed by atoms with van der Waals surface area (Å²) in [5, 5.41) is 6.11. The molecule has 1 atom stereocenters. The first kappa shape index (κ1) is 15.0. The lowest BCUT2D eigenvalue weighted by molar-refractivity contribution is -0.132. The third-order valence-electron chi connectivity index (χ3n) is 3.75. The topological polar surface area (TPSA) is 45.8 Å². The number of aryl methyl sites for hydroxylation is 1. The van der Waals surface area contributed by atoms with Crippen LogP contribution >= 0.6 is 15.9 Å². The van der Waals surface area contributed by atoms with E-state index in [4.69, 9.17) is 4.42 Å². The van der Waals surface area contributed by atoms with Crippen molar-refractivity contribution in [2.24, 2.45) is 5.10 Å². The third-order valence-corrected chi connectivity index (χ3v) is 4.28. The number of benzene rings is 1.